The molecule has 1 heterocycles. The predicted molar refractivity (Wildman–Crippen MR) is 58.5 cm³/mol. The monoisotopic (exact) mass is 219 g/mol. The molecule has 0 saturated carbocycles. The van der Waals surface area contributed by atoms with Crippen LogP contribution in [0.5, 0.6) is 0 Å². The van der Waals surface area contributed by atoms with Gasteiger partial charge in [0.25, 0.3) is 0 Å². The molecule has 16 heavy (non-hydrogen) atoms. The molecule has 0 aliphatic carbocycles. The average Bonchev–Trinajstić information content (AvgIpc) is 2.74. The van der Waals surface area contributed by atoms with Gasteiger partial charge in [0, 0.05) is 5.56 Å². The van der Waals surface area contributed by atoms with E-state index in [0.29, 0.717) is 18.2 Å². The molecule has 5 heteroatoms. The summed E-state index contributed by atoms with van der Waals surface area (Å²) in [5.41, 5.74) is 0.897. The first-order chi connectivity index (χ1) is 7.85. The van der Waals surface area contributed by atoms with Gasteiger partial charge in [0.05, 0.1) is 13.2 Å². The summed E-state index contributed by atoms with van der Waals surface area (Å²) in [7, 11) is 0. The highest BCUT2D eigenvalue weighted by Gasteiger charge is 2.09. The molecule has 0 aliphatic heterocycles. The first-order valence-corrected chi connectivity index (χ1v) is 5.06. The van der Waals surface area contributed by atoms with Crippen LogP contribution in [0.1, 0.15) is 5.82 Å². The zero-order chi connectivity index (χ0) is 11.4. The standard InChI is InChI=1S/C11H13N3O2/c15-7-6-14-10(8-16)12-11(13-14)9-4-2-1-3-5-9/h1-5,15-16H,6-8H2. The second kappa shape index (κ2) is 4.87. The summed E-state index contributed by atoms with van der Waals surface area (Å²) in [6.45, 7) is 0.139. The van der Waals surface area contributed by atoms with Crippen molar-refractivity contribution in [1.29, 1.82) is 0 Å². The van der Waals surface area contributed by atoms with Crippen LogP contribution >= 0.6 is 0 Å². The molecule has 2 rings (SSSR count). The predicted octanol–water partition coefficient (Wildman–Crippen LogP) is 0.430. The van der Waals surface area contributed by atoms with Crippen LogP contribution in [0.15, 0.2) is 30.3 Å². The van der Waals surface area contributed by atoms with Crippen LogP contribution in [0.2, 0.25) is 0 Å². The van der Waals surface area contributed by atoms with Gasteiger partial charge in [0.1, 0.15) is 6.61 Å². The third-order valence-corrected chi connectivity index (χ3v) is 2.23. The minimum absolute atomic E-state index is 0.0232. The smallest absolute Gasteiger partial charge is 0.181 e. The SMILES string of the molecule is OCCn1nc(-c2ccccc2)nc1CO. The topological polar surface area (TPSA) is 71.2 Å². The molecule has 0 amide bonds. The Bertz CT molecular complexity index is 454. The minimum Gasteiger partial charge on any atom is -0.394 e. The van der Waals surface area contributed by atoms with Crippen molar-refractivity contribution in [3.05, 3.63) is 36.2 Å². The first-order valence-electron chi connectivity index (χ1n) is 5.06. The minimum atomic E-state index is -0.181. The van der Waals surface area contributed by atoms with Gasteiger partial charge in [0.15, 0.2) is 11.6 Å². The Balaban J connectivity index is 2.36. The Labute approximate surface area is 93.0 Å². The molecule has 2 N–H and O–H groups in total. The molecule has 5 nitrogen and oxygen atoms in total. The number of hydrogen-bond acceptors (Lipinski definition) is 4. The van der Waals surface area contributed by atoms with Gasteiger partial charge in [-0.15, -0.1) is 0 Å². The quantitative estimate of drug-likeness (QED) is 0.782. The Morgan fingerprint density at radius 2 is 1.88 bits per heavy atom. The zero-order valence-corrected chi connectivity index (χ0v) is 8.74. The van der Waals surface area contributed by atoms with E-state index in [9.17, 15) is 0 Å². The van der Waals surface area contributed by atoms with Crippen molar-refractivity contribution >= 4 is 0 Å². The number of hydrogen-bond donors (Lipinski definition) is 2. The molecule has 0 unspecified atom stereocenters. The van der Waals surface area contributed by atoms with Crippen molar-refractivity contribution in [3.63, 3.8) is 0 Å². The van der Waals surface area contributed by atoms with E-state index in [0.717, 1.165) is 5.56 Å². The van der Waals surface area contributed by atoms with Gasteiger partial charge < -0.3 is 10.2 Å². The van der Waals surface area contributed by atoms with Crippen molar-refractivity contribution in [2.75, 3.05) is 6.61 Å². The number of benzene rings is 1. The van der Waals surface area contributed by atoms with Crippen LogP contribution in [0.25, 0.3) is 11.4 Å². The van der Waals surface area contributed by atoms with Crippen molar-refractivity contribution in [2.24, 2.45) is 0 Å². The first kappa shape index (κ1) is 10.8. The average molecular weight is 219 g/mol. The van der Waals surface area contributed by atoms with E-state index >= 15 is 0 Å². The Hall–Kier alpha value is -1.72. The summed E-state index contributed by atoms with van der Waals surface area (Å²) in [5.74, 6) is 1.03. The summed E-state index contributed by atoms with van der Waals surface area (Å²) in [6, 6.07) is 9.53. The number of aromatic nitrogens is 3. The molecule has 84 valence electrons. The summed E-state index contributed by atoms with van der Waals surface area (Å²) >= 11 is 0. The number of aliphatic hydroxyl groups is 2. The molecular formula is C11H13N3O2. The van der Waals surface area contributed by atoms with Crippen LogP contribution in [-0.4, -0.2) is 31.6 Å². The summed E-state index contributed by atoms with van der Waals surface area (Å²) in [6.07, 6.45) is 0. The lowest BCUT2D eigenvalue weighted by atomic mass is 10.2. The fraction of sp³-hybridized carbons (Fsp3) is 0.273. The largest absolute Gasteiger partial charge is 0.394 e. The maximum Gasteiger partial charge on any atom is 0.181 e. The van der Waals surface area contributed by atoms with E-state index < -0.39 is 0 Å². The fourth-order valence-electron chi connectivity index (χ4n) is 1.47. The highest BCUT2D eigenvalue weighted by Crippen LogP contribution is 2.14. The molecule has 0 bridgehead atoms. The zero-order valence-electron chi connectivity index (χ0n) is 8.74. The number of nitrogens with zero attached hydrogens (tertiary/aromatic N) is 3. The van der Waals surface area contributed by atoms with E-state index in [1.165, 1.54) is 4.68 Å². The summed E-state index contributed by atoms with van der Waals surface area (Å²) in [5, 5.41) is 22.2. The Kier molecular flexibility index (Phi) is 3.28. The van der Waals surface area contributed by atoms with Gasteiger partial charge in [-0.05, 0) is 0 Å². The molecule has 0 atom stereocenters. The van der Waals surface area contributed by atoms with Crippen LogP contribution in [0, 0.1) is 0 Å². The lowest BCUT2D eigenvalue weighted by molar-refractivity contribution is 0.240. The fourth-order valence-corrected chi connectivity index (χ4v) is 1.47. The van der Waals surface area contributed by atoms with Crippen molar-refractivity contribution in [3.8, 4) is 11.4 Å². The number of rotatable bonds is 4. The van der Waals surface area contributed by atoms with Crippen LogP contribution < -0.4 is 0 Å². The van der Waals surface area contributed by atoms with Crippen molar-refractivity contribution < 1.29 is 10.2 Å². The maximum atomic E-state index is 9.10. The third kappa shape index (κ3) is 2.10. The molecule has 0 radical (unpaired) electrons. The molecular weight excluding hydrogens is 206 g/mol. The van der Waals surface area contributed by atoms with Crippen molar-refractivity contribution in [1.82, 2.24) is 14.8 Å². The normalized spacial score (nSPS) is 10.6. The summed E-state index contributed by atoms with van der Waals surface area (Å²) in [4.78, 5) is 4.21. The molecule has 1 aromatic carbocycles. The Morgan fingerprint density at radius 1 is 1.12 bits per heavy atom. The van der Waals surface area contributed by atoms with Crippen molar-refractivity contribution in [2.45, 2.75) is 13.2 Å². The summed E-state index contributed by atoms with van der Waals surface area (Å²) < 4.78 is 1.52. The van der Waals surface area contributed by atoms with Gasteiger partial charge in [0.2, 0.25) is 0 Å². The number of aliphatic hydroxyl groups excluding tert-OH is 2. The molecule has 0 aliphatic rings. The van der Waals surface area contributed by atoms with Crippen LogP contribution in [0.4, 0.5) is 0 Å². The molecule has 2 aromatic rings. The van der Waals surface area contributed by atoms with E-state index in [1.807, 2.05) is 30.3 Å². The molecule has 1 aromatic heterocycles. The lowest BCUT2D eigenvalue weighted by Crippen LogP contribution is -2.08. The highest BCUT2D eigenvalue weighted by molar-refractivity contribution is 5.53. The van der Waals surface area contributed by atoms with E-state index in [4.69, 9.17) is 10.2 Å². The van der Waals surface area contributed by atoms with E-state index in [2.05, 4.69) is 10.1 Å². The maximum absolute atomic E-state index is 9.10. The van der Waals surface area contributed by atoms with Gasteiger partial charge in [-0.3, -0.25) is 0 Å². The molecule has 0 spiro atoms. The highest BCUT2D eigenvalue weighted by atomic mass is 16.3. The third-order valence-electron chi connectivity index (χ3n) is 2.23. The second-order valence-electron chi connectivity index (χ2n) is 3.32. The van der Waals surface area contributed by atoms with E-state index in [1.54, 1.807) is 0 Å². The molecule has 0 saturated heterocycles. The van der Waals surface area contributed by atoms with Gasteiger partial charge in [-0.25, -0.2) is 9.67 Å². The molecule has 0 fully saturated rings. The van der Waals surface area contributed by atoms with Crippen LogP contribution in [-0.2, 0) is 13.2 Å². The second-order valence-corrected chi connectivity index (χ2v) is 3.32. The van der Waals surface area contributed by atoms with Gasteiger partial charge in [-0.1, -0.05) is 30.3 Å². The van der Waals surface area contributed by atoms with E-state index in [-0.39, 0.29) is 13.2 Å². The lowest BCUT2D eigenvalue weighted by Gasteiger charge is -1.98. The van der Waals surface area contributed by atoms with Gasteiger partial charge in [-0.2, -0.15) is 5.10 Å². The van der Waals surface area contributed by atoms with Crippen LogP contribution in [0.3, 0.4) is 0 Å². The Morgan fingerprint density at radius 3 is 2.50 bits per heavy atom. The van der Waals surface area contributed by atoms with Gasteiger partial charge >= 0.3 is 0 Å².